The van der Waals surface area contributed by atoms with E-state index in [1.165, 1.54) is 18.2 Å². The van der Waals surface area contributed by atoms with Crippen LogP contribution in [0.4, 0.5) is 4.39 Å². The van der Waals surface area contributed by atoms with Crippen LogP contribution in [0.1, 0.15) is 25.3 Å². The molecule has 1 unspecified atom stereocenters. The van der Waals surface area contributed by atoms with E-state index in [1.54, 1.807) is 11.2 Å². The highest BCUT2D eigenvalue weighted by atomic mass is 32.2. The number of sulfonamides is 1. The molecule has 25 heavy (non-hydrogen) atoms. The maximum atomic E-state index is 13.4. The maximum Gasteiger partial charge on any atom is 0.243 e. The summed E-state index contributed by atoms with van der Waals surface area (Å²) in [7, 11) is 0.215. The monoisotopic (exact) mass is 371 g/mol. The SMILES string of the molecule is CCN1CCCC1CN(CCN(C)C)S(=O)(=O)c1ccc(F)cc1C. The van der Waals surface area contributed by atoms with Gasteiger partial charge in [-0.3, -0.25) is 4.90 Å². The summed E-state index contributed by atoms with van der Waals surface area (Å²) in [5.74, 6) is -0.413. The first-order chi connectivity index (χ1) is 11.8. The predicted molar refractivity (Wildman–Crippen MR) is 98.7 cm³/mol. The summed E-state index contributed by atoms with van der Waals surface area (Å²) < 4.78 is 41.4. The number of halogens is 1. The quantitative estimate of drug-likeness (QED) is 0.703. The summed E-state index contributed by atoms with van der Waals surface area (Å²) in [6, 6.07) is 4.14. The smallest absolute Gasteiger partial charge is 0.243 e. The van der Waals surface area contributed by atoms with Gasteiger partial charge in [0.2, 0.25) is 10.0 Å². The van der Waals surface area contributed by atoms with Crippen LogP contribution in [0, 0.1) is 12.7 Å². The van der Waals surface area contributed by atoms with E-state index in [2.05, 4.69) is 11.8 Å². The first-order valence-corrected chi connectivity index (χ1v) is 10.3. The molecule has 0 aliphatic carbocycles. The summed E-state index contributed by atoms with van der Waals surface area (Å²) in [6.45, 7) is 7.29. The second kappa shape index (κ2) is 8.58. The Kier molecular flexibility index (Phi) is 6.96. The molecule has 1 saturated heterocycles. The third-order valence-electron chi connectivity index (χ3n) is 4.87. The third-order valence-corrected chi connectivity index (χ3v) is 6.90. The molecule has 1 heterocycles. The number of likely N-dealkylation sites (N-methyl/N-ethyl adjacent to an activating group) is 2. The molecule has 1 aliphatic rings. The van der Waals surface area contributed by atoms with E-state index in [4.69, 9.17) is 0 Å². The maximum absolute atomic E-state index is 13.4. The molecule has 0 amide bonds. The van der Waals surface area contributed by atoms with Gasteiger partial charge in [-0.05, 0) is 70.7 Å². The summed E-state index contributed by atoms with van der Waals surface area (Å²) in [5, 5.41) is 0. The van der Waals surface area contributed by atoms with Crippen LogP contribution >= 0.6 is 0 Å². The molecule has 0 radical (unpaired) electrons. The molecular formula is C18H30FN3O2S. The Morgan fingerprint density at radius 1 is 1.28 bits per heavy atom. The molecule has 0 N–H and O–H groups in total. The number of hydrogen-bond acceptors (Lipinski definition) is 4. The highest BCUT2D eigenvalue weighted by Gasteiger charge is 2.32. The van der Waals surface area contributed by atoms with Gasteiger partial charge in [0.1, 0.15) is 5.82 Å². The zero-order valence-electron chi connectivity index (χ0n) is 15.7. The van der Waals surface area contributed by atoms with Gasteiger partial charge in [-0.25, -0.2) is 12.8 Å². The van der Waals surface area contributed by atoms with E-state index in [0.29, 0.717) is 25.2 Å². The van der Waals surface area contributed by atoms with Crippen molar-refractivity contribution in [1.82, 2.24) is 14.1 Å². The largest absolute Gasteiger partial charge is 0.308 e. The summed E-state index contributed by atoms with van der Waals surface area (Å²) in [6.07, 6.45) is 2.12. The van der Waals surface area contributed by atoms with Crippen molar-refractivity contribution in [3.05, 3.63) is 29.6 Å². The molecule has 0 spiro atoms. The van der Waals surface area contributed by atoms with E-state index in [-0.39, 0.29) is 10.9 Å². The molecule has 1 fully saturated rings. The lowest BCUT2D eigenvalue weighted by atomic mass is 10.2. The molecule has 142 valence electrons. The lowest BCUT2D eigenvalue weighted by Crippen LogP contribution is -2.45. The Bertz CT molecular complexity index is 679. The molecule has 1 aromatic rings. The Balaban J connectivity index is 2.29. The first kappa shape index (κ1) is 20.3. The minimum atomic E-state index is -3.65. The Hall–Kier alpha value is -1.02. The molecule has 2 rings (SSSR count). The second-order valence-corrected chi connectivity index (χ2v) is 8.91. The molecule has 1 aliphatic heterocycles. The van der Waals surface area contributed by atoms with Crippen molar-refractivity contribution in [3.63, 3.8) is 0 Å². The fourth-order valence-electron chi connectivity index (χ4n) is 3.42. The molecule has 1 aromatic carbocycles. The Morgan fingerprint density at radius 3 is 2.60 bits per heavy atom. The van der Waals surface area contributed by atoms with Crippen molar-refractivity contribution < 1.29 is 12.8 Å². The van der Waals surface area contributed by atoms with Crippen LogP contribution in [0.25, 0.3) is 0 Å². The lowest BCUT2D eigenvalue weighted by Gasteiger charge is -2.30. The van der Waals surface area contributed by atoms with Gasteiger partial charge in [0.05, 0.1) is 4.90 Å². The van der Waals surface area contributed by atoms with Crippen LogP contribution in [0.3, 0.4) is 0 Å². The summed E-state index contributed by atoms with van der Waals surface area (Å²) >= 11 is 0. The van der Waals surface area contributed by atoms with E-state index >= 15 is 0 Å². The molecule has 5 nitrogen and oxygen atoms in total. The highest BCUT2D eigenvalue weighted by Crippen LogP contribution is 2.24. The van der Waals surface area contributed by atoms with Gasteiger partial charge in [-0.2, -0.15) is 4.31 Å². The first-order valence-electron chi connectivity index (χ1n) is 8.90. The van der Waals surface area contributed by atoms with Gasteiger partial charge >= 0.3 is 0 Å². The number of likely N-dealkylation sites (tertiary alicyclic amines) is 1. The van der Waals surface area contributed by atoms with Gasteiger partial charge < -0.3 is 4.90 Å². The van der Waals surface area contributed by atoms with Crippen molar-refractivity contribution in [2.75, 3.05) is 46.8 Å². The van der Waals surface area contributed by atoms with Crippen LogP contribution in [-0.2, 0) is 10.0 Å². The molecule has 0 bridgehead atoms. The number of rotatable bonds is 8. The van der Waals surface area contributed by atoms with Crippen molar-refractivity contribution in [2.24, 2.45) is 0 Å². The van der Waals surface area contributed by atoms with Crippen LogP contribution in [0.5, 0.6) is 0 Å². The molecule has 0 aromatic heterocycles. The minimum absolute atomic E-state index is 0.203. The average molecular weight is 372 g/mol. The Morgan fingerprint density at radius 2 is 2.00 bits per heavy atom. The molecule has 7 heteroatoms. The standard InChI is InChI=1S/C18H30FN3O2S/c1-5-21-10-6-7-17(21)14-22(12-11-20(3)4)25(23,24)18-9-8-16(19)13-15(18)2/h8-9,13,17H,5-7,10-12,14H2,1-4H3. The third kappa shape index (κ3) is 5.00. The van der Waals surface area contributed by atoms with Gasteiger partial charge in [0, 0.05) is 25.7 Å². The van der Waals surface area contributed by atoms with E-state index in [0.717, 1.165) is 25.9 Å². The van der Waals surface area contributed by atoms with Gasteiger partial charge in [0.25, 0.3) is 0 Å². The number of hydrogen-bond donors (Lipinski definition) is 0. The van der Waals surface area contributed by atoms with Crippen LogP contribution in [0.15, 0.2) is 23.1 Å². The van der Waals surface area contributed by atoms with E-state index in [9.17, 15) is 12.8 Å². The van der Waals surface area contributed by atoms with Gasteiger partial charge in [-0.15, -0.1) is 0 Å². The van der Waals surface area contributed by atoms with Crippen molar-refractivity contribution in [2.45, 2.75) is 37.6 Å². The minimum Gasteiger partial charge on any atom is -0.308 e. The van der Waals surface area contributed by atoms with E-state index < -0.39 is 15.8 Å². The van der Waals surface area contributed by atoms with Gasteiger partial charge in [-0.1, -0.05) is 6.92 Å². The zero-order chi connectivity index (χ0) is 18.6. The summed E-state index contributed by atoms with van der Waals surface area (Å²) in [4.78, 5) is 4.52. The Labute approximate surface area is 151 Å². The second-order valence-electron chi connectivity index (χ2n) is 7.00. The molecule has 1 atom stereocenters. The topological polar surface area (TPSA) is 43.9 Å². The summed E-state index contributed by atoms with van der Waals surface area (Å²) in [5.41, 5.74) is 0.452. The van der Waals surface area contributed by atoms with Crippen molar-refractivity contribution in [1.29, 1.82) is 0 Å². The fraction of sp³-hybridized carbons (Fsp3) is 0.667. The normalized spacial score (nSPS) is 19.2. The van der Waals surface area contributed by atoms with Gasteiger partial charge in [0.15, 0.2) is 0 Å². The fourth-order valence-corrected chi connectivity index (χ4v) is 5.09. The van der Waals surface area contributed by atoms with Crippen molar-refractivity contribution >= 4 is 10.0 Å². The number of benzene rings is 1. The molecule has 0 saturated carbocycles. The highest BCUT2D eigenvalue weighted by molar-refractivity contribution is 7.89. The number of aryl methyl sites for hydroxylation is 1. The predicted octanol–water partition coefficient (Wildman–Crippen LogP) is 2.17. The molecular weight excluding hydrogens is 341 g/mol. The van der Waals surface area contributed by atoms with Crippen LogP contribution in [-0.4, -0.2) is 75.4 Å². The average Bonchev–Trinajstić information content (AvgIpc) is 2.97. The number of nitrogens with zero attached hydrogens (tertiary/aromatic N) is 3. The van der Waals surface area contributed by atoms with Crippen LogP contribution < -0.4 is 0 Å². The van der Waals surface area contributed by atoms with E-state index in [1.807, 2.05) is 19.0 Å². The van der Waals surface area contributed by atoms with Crippen LogP contribution in [0.2, 0.25) is 0 Å². The zero-order valence-corrected chi connectivity index (χ0v) is 16.5. The lowest BCUT2D eigenvalue weighted by molar-refractivity contribution is 0.220. The van der Waals surface area contributed by atoms with Crippen molar-refractivity contribution in [3.8, 4) is 0 Å².